The molecule has 0 spiro atoms. The van der Waals surface area contributed by atoms with Gasteiger partial charge in [-0.25, -0.2) is 9.89 Å². The summed E-state index contributed by atoms with van der Waals surface area (Å²) < 4.78 is 1.57. The number of thioether (sulfide) groups is 1. The molecule has 84 valence electrons. The average Bonchev–Trinajstić information content (AvgIpc) is 2.80. The van der Waals surface area contributed by atoms with E-state index in [9.17, 15) is 4.79 Å². The highest BCUT2D eigenvalue weighted by molar-refractivity contribution is 7.99. The Kier molecular flexibility index (Phi) is 3.16. The van der Waals surface area contributed by atoms with E-state index in [-0.39, 0.29) is 5.69 Å². The summed E-state index contributed by atoms with van der Waals surface area (Å²) in [6, 6.07) is 0.624. The first-order valence-electron chi connectivity index (χ1n) is 5.16. The maximum Gasteiger partial charge on any atom is 0.343 e. The highest BCUT2D eigenvalue weighted by Gasteiger charge is 2.25. The standard InChI is InChI=1S/C9H16N4OS/c1-10-6-3-4-7(5-6)15-9-12-11-8(14)13(9)2/h6-7,10H,3-5H2,1-2H3,(H,11,14). The summed E-state index contributed by atoms with van der Waals surface area (Å²) >= 11 is 1.70. The third-order valence-corrected chi connectivity index (χ3v) is 4.24. The number of rotatable bonds is 3. The average molecular weight is 228 g/mol. The molecular formula is C9H16N4OS. The van der Waals surface area contributed by atoms with Crippen molar-refractivity contribution in [1.82, 2.24) is 20.1 Å². The fraction of sp³-hybridized carbons (Fsp3) is 0.778. The molecule has 1 heterocycles. The van der Waals surface area contributed by atoms with Crippen LogP contribution < -0.4 is 11.0 Å². The Morgan fingerprint density at radius 2 is 2.40 bits per heavy atom. The Bertz CT molecular complexity index is 386. The van der Waals surface area contributed by atoms with Crippen LogP contribution in [0.3, 0.4) is 0 Å². The second-order valence-corrected chi connectivity index (χ2v) is 5.18. The second kappa shape index (κ2) is 4.40. The van der Waals surface area contributed by atoms with Crippen molar-refractivity contribution >= 4 is 11.8 Å². The second-order valence-electron chi connectivity index (χ2n) is 3.91. The van der Waals surface area contributed by atoms with Crippen molar-refractivity contribution in [1.29, 1.82) is 0 Å². The molecule has 2 atom stereocenters. The van der Waals surface area contributed by atoms with Gasteiger partial charge in [0.15, 0.2) is 5.16 Å². The van der Waals surface area contributed by atoms with Crippen LogP contribution >= 0.6 is 11.8 Å². The summed E-state index contributed by atoms with van der Waals surface area (Å²) in [5.74, 6) is 0. The predicted molar refractivity (Wildman–Crippen MR) is 60.2 cm³/mol. The molecule has 1 fully saturated rings. The van der Waals surface area contributed by atoms with Crippen LogP contribution in [0.4, 0.5) is 0 Å². The molecule has 1 aromatic rings. The van der Waals surface area contributed by atoms with Crippen LogP contribution in [0.5, 0.6) is 0 Å². The van der Waals surface area contributed by atoms with E-state index in [1.54, 1.807) is 23.4 Å². The molecule has 0 aliphatic heterocycles. The maximum absolute atomic E-state index is 11.2. The topological polar surface area (TPSA) is 62.7 Å². The molecule has 2 rings (SSSR count). The van der Waals surface area contributed by atoms with Gasteiger partial charge in [-0.3, -0.25) is 4.57 Å². The highest BCUT2D eigenvalue weighted by atomic mass is 32.2. The quantitative estimate of drug-likeness (QED) is 0.783. The van der Waals surface area contributed by atoms with E-state index >= 15 is 0 Å². The molecule has 0 amide bonds. The number of aromatic amines is 1. The van der Waals surface area contributed by atoms with E-state index in [1.165, 1.54) is 12.8 Å². The van der Waals surface area contributed by atoms with Crippen molar-refractivity contribution in [3.05, 3.63) is 10.5 Å². The number of nitrogens with one attached hydrogen (secondary N) is 2. The minimum absolute atomic E-state index is 0.138. The Morgan fingerprint density at radius 1 is 1.60 bits per heavy atom. The minimum Gasteiger partial charge on any atom is -0.317 e. The summed E-state index contributed by atoms with van der Waals surface area (Å²) in [5, 5.41) is 11.1. The van der Waals surface area contributed by atoms with Crippen molar-refractivity contribution in [3.63, 3.8) is 0 Å². The molecule has 0 saturated heterocycles. The highest BCUT2D eigenvalue weighted by Crippen LogP contribution is 2.33. The van der Waals surface area contributed by atoms with Crippen molar-refractivity contribution in [2.24, 2.45) is 7.05 Å². The van der Waals surface area contributed by atoms with Crippen LogP contribution in [0.15, 0.2) is 9.95 Å². The van der Waals surface area contributed by atoms with Crippen LogP contribution in [-0.2, 0) is 7.05 Å². The van der Waals surface area contributed by atoms with Crippen LogP contribution in [0, 0.1) is 0 Å². The summed E-state index contributed by atoms with van der Waals surface area (Å²) in [6.07, 6.45) is 3.56. The molecule has 1 aliphatic carbocycles. The molecule has 1 aliphatic rings. The zero-order chi connectivity index (χ0) is 10.8. The SMILES string of the molecule is CNC1CCC(Sc2n[nH]c(=O)n2C)C1. The summed E-state index contributed by atoms with van der Waals surface area (Å²) in [6.45, 7) is 0. The van der Waals surface area contributed by atoms with E-state index in [0.717, 1.165) is 11.6 Å². The van der Waals surface area contributed by atoms with E-state index < -0.39 is 0 Å². The molecule has 15 heavy (non-hydrogen) atoms. The Hall–Kier alpha value is -0.750. The van der Waals surface area contributed by atoms with E-state index in [4.69, 9.17) is 0 Å². The Labute approximate surface area is 92.6 Å². The van der Waals surface area contributed by atoms with Gasteiger partial charge in [0.2, 0.25) is 0 Å². The van der Waals surface area contributed by atoms with E-state index in [2.05, 4.69) is 15.5 Å². The van der Waals surface area contributed by atoms with Gasteiger partial charge >= 0.3 is 5.69 Å². The first-order valence-corrected chi connectivity index (χ1v) is 6.04. The van der Waals surface area contributed by atoms with Gasteiger partial charge in [0.1, 0.15) is 0 Å². The van der Waals surface area contributed by atoms with Crippen LogP contribution in [0.1, 0.15) is 19.3 Å². The fourth-order valence-corrected chi connectivity index (χ4v) is 3.12. The Morgan fingerprint density at radius 3 is 2.93 bits per heavy atom. The van der Waals surface area contributed by atoms with Gasteiger partial charge in [-0.05, 0) is 26.3 Å². The van der Waals surface area contributed by atoms with E-state index in [0.29, 0.717) is 11.3 Å². The molecule has 5 nitrogen and oxygen atoms in total. The number of hydrogen-bond acceptors (Lipinski definition) is 4. The molecule has 0 radical (unpaired) electrons. The fourth-order valence-electron chi connectivity index (χ4n) is 1.90. The van der Waals surface area contributed by atoms with Crippen molar-refractivity contribution in [3.8, 4) is 0 Å². The van der Waals surface area contributed by atoms with Gasteiger partial charge in [-0.2, -0.15) is 0 Å². The van der Waals surface area contributed by atoms with Crippen LogP contribution in [0.25, 0.3) is 0 Å². The summed E-state index contributed by atoms with van der Waals surface area (Å²) in [7, 11) is 3.75. The minimum atomic E-state index is -0.138. The third kappa shape index (κ3) is 2.26. The molecule has 0 bridgehead atoms. The van der Waals surface area contributed by atoms with E-state index in [1.807, 2.05) is 7.05 Å². The lowest BCUT2D eigenvalue weighted by Gasteiger charge is -2.09. The first kappa shape index (κ1) is 10.8. The molecule has 1 saturated carbocycles. The van der Waals surface area contributed by atoms with Gasteiger partial charge in [-0.1, -0.05) is 11.8 Å². The third-order valence-electron chi connectivity index (χ3n) is 2.90. The van der Waals surface area contributed by atoms with Gasteiger partial charge < -0.3 is 5.32 Å². The molecule has 2 unspecified atom stereocenters. The smallest absolute Gasteiger partial charge is 0.317 e. The van der Waals surface area contributed by atoms with Crippen molar-refractivity contribution in [2.45, 2.75) is 35.7 Å². The zero-order valence-electron chi connectivity index (χ0n) is 8.99. The summed E-state index contributed by atoms with van der Waals surface area (Å²) in [5.41, 5.74) is -0.138. The lowest BCUT2D eigenvalue weighted by molar-refractivity contribution is 0.583. The van der Waals surface area contributed by atoms with Gasteiger partial charge in [-0.15, -0.1) is 5.10 Å². The van der Waals surface area contributed by atoms with Crippen LogP contribution in [0.2, 0.25) is 0 Å². The number of nitrogens with zero attached hydrogens (tertiary/aromatic N) is 2. The predicted octanol–water partition coefficient (Wildman–Crippen LogP) is 0.341. The number of aromatic nitrogens is 3. The maximum atomic E-state index is 11.2. The molecular weight excluding hydrogens is 212 g/mol. The normalized spacial score (nSPS) is 26.0. The molecule has 0 aromatic carbocycles. The molecule has 1 aromatic heterocycles. The van der Waals surface area contributed by atoms with Gasteiger partial charge in [0, 0.05) is 18.3 Å². The molecule has 6 heteroatoms. The Balaban J connectivity index is 1.98. The lowest BCUT2D eigenvalue weighted by atomic mass is 10.3. The van der Waals surface area contributed by atoms with Crippen molar-refractivity contribution < 1.29 is 0 Å². The lowest BCUT2D eigenvalue weighted by Crippen LogP contribution is -2.21. The monoisotopic (exact) mass is 228 g/mol. The number of hydrogen-bond donors (Lipinski definition) is 2. The van der Waals surface area contributed by atoms with Gasteiger partial charge in [0.05, 0.1) is 0 Å². The van der Waals surface area contributed by atoms with Crippen LogP contribution in [-0.4, -0.2) is 33.1 Å². The van der Waals surface area contributed by atoms with Crippen molar-refractivity contribution in [2.75, 3.05) is 7.05 Å². The molecule has 2 N–H and O–H groups in total. The largest absolute Gasteiger partial charge is 0.343 e. The van der Waals surface area contributed by atoms with Gasteiger partial charge in [0.25, 0.3) is 0 Å². The number of H-pyrrole nitrogens is 1. The first-order chi connectivity index (χ1) is 7.20. The summed E-state index contributed by atoms with van der Waals surface area (Å²) in [4.78, 5) is 11.2. The zero-order valence-corrected chi connectivity index (χ0v) is 9.80.